The van der Waals surface area contributed by atoms with Crippen LogP contribution in [0.1, 0.15) is 25.0 Å². The van der Waals surface area contributed by atoms with Gasteiger partial charge in [0.15, 0.2) is 0 Å². The summed E-state index contributed by atoms with van der Waals surface area (Å²) in [7, 11) is 0. The van der Waals surface area contributed by atoms with Gasteiger partial charge in [-0.3, -0.25) is 4.79 Å². The van der Waals surface area contributed by atoms with Gasteiger partial charge in [-0.2, -0.15) is 0 Å². The Morgan fingerprint density at radius 3 is 2.47 bits per heavy atom. The van der Waals surface area contributed by atoms with Crippen LogP contribution in [0.25, 0.3) is 0 Å². The van der Waals surface area contributed by atoms with Crippen molar-refractivity contribution in [2.45, 2.75) is 27.7 Å². The largest absolute Gasteiger partial charge is 0.481 e. The third-order valence-electron chi connectivity index (χ3n) is 2.91. The second kappa shape index (κ2) is 5.73. The monoisotopic (exact) mass is 264 g/mol. The van der Waals surface area contributed by atoms with E-state index in [0.29, 0.717) is 0 Å². The Morgan fingerprint density at radius 2 is 1.89 bits per heavy atom. The molecule has 0 unspecified atom stereocenters. The van der Waals surface area contributed by atoms with Crippen LogP contribution in [-0.4, -0.2) is 23.7 Å². The zero-order chi connectivity index (χ0) is 14.6. The molecule has 0 aliphatic carbocycles. The van der Waals surface area contributed by atoms with E-state index < -0.39 is 17.4 Å². The lowest BCUT2D eigenvalue weighted by Crippen LogP contribution is -2.40. The average molecular weight is 264 g/mol. The second-order valence-electron chi connectivity index (χ2n) is 5.32. The van der Waals surface area contributed by atoms with Crippen LogP contribution in [0.2, 0.25) is 0 Å². The molecule has 0 atom stereocenters. The predicted molar refractivity (Wildman–Crippen MR) is 74.4 cm³/mol. The molecular weight excluding hydrogens is 244 g/mol. The Bertz CT molecular complexity index is 495. The van der Waals surface area contributed by atoms with Gasteiger partial charge in [-0.15, -0.1) is 0 Å². The first-order valence-corrected chi connectivity index (χ1v) is 6.08. The molecule has 0 aliphatic heterocycles. The first-order chi connectivity index (χ1) is 8.72. The molecule has 0 fully saturated rings. The van der Waals surface area contributed by atoms with Crippen LogP contribution in [0.4, 0.5) is 10.5 Å². The summed E-state index contributed by atoms with van der Waals surface area (Å²) in [6, 6.07) is 5.36. The van der Waals surface area contributed by atoms with Gasteiger partial charge in [0.1, 0.15) is 0 Å². The normalized spacial score (nSPS) is 10.9. The van der Waals surface area contributed by atoms with E-state index in [9.17, 15) is 9.59 Å². The lowest BCUT2D eigenvalue weighted by atomic mass is 9.94. The number of aryl methyl sites for hydroxylation is 2. The van der Waals surface area contributed by atoms with Crippen molar-refractivity contribution in [2.24, 2.45) is 5.41 Å². The van der Waals surface area contributed by atoms with Gasteiger partial charge in [-0.1, -0.05) is 12.1 Å². The number of amides is 2. The summed E-state index contributed by atoms with van der Waals surface area (Å²) in [4.78, 5) is 22.6. The van der Waals surface area contributed by atoms with E-state index in [4.69, 9.17) is 5.11 Å². The molecule has 19 heavy (non-hydrogen) atoms. The van der Waals surface area contributed by atoms with Crippen molar-refractivity contribution in [1.82, 2.24) is 5.32 Å². The van der Waals surface area contributed by atoms with E-state index in [1.807, 2.05) is 32.0 Å². The number of aliphatic carboxylic acids is 1. The highest BCUT2D eigenvalue weighted by Gasteiger charge is 2.27. The highest BCUT2D eigenvalue weighted by molar-refractivity contribution is 5.90. The zero-order valence-corrected chi connectivity index (χ0v) is 11.7. The van der Waals surface area contributed by atoms with E-state index in [1.165, 1.54) is 0 Å². The number of hydrogen-bond acceptors (Lipinski definition) is 2. The number of benzene rings is 1. The third kappa shape index (κ3) is 4.28. The Morgan fingerprint density at radius 1 is 1.26 bits per heavy atom. The SMILES string of the molecule is Cc1ccc(C)c(NC(=O)NCC(C)(C)C(=O)O)c1. The van der Waals surface area contributed by atoms with E-state index in [2.05, 4.69) is 10.6 Å². The number of carboxylic acids is 1. The fourth-order valence-corrected chi connectivity index (χ4v) is 1.41. The van der Waals surface area contributed by atoms with Gasteiger partial charge >= 0.3 is 12.0 Å². The van der Waals surface area contributed by atoms with Gasteiger partial charge in [0.2, 0.25) is 0 Å². The van der Waals surface area contributed by atoms with Crippen LogP contribution < -0.4 is 10.6 Å². The van der Waals surface area contributed by atoms with Gasteiger partial charge in [0, 0.05) is 12.2 Å². The van der Waals surface area contributed by atoms with Crippen LogP contribution in [0.15, 0.2) is 18.2 Å². The maximum atomic E-state index is 11.7. The third-order valence-corrected chi connectivity index (χ3v) is 2.91. The molecule has 1 rings (SSSR count). The van der Waals surface area contributed by atoms with Gasteiger partial charge in [-0.05, 0) is 44.9 Å². The first-order valence-electron chi connectivity index (χ1n) is 6.08. The molecule has 5 nitrogen and oxygen atoms in total. The number of rotatable bonds is 4. The van der Waals surface area contributed by atoms with Gasteiger partial charge in [0.25, 0.3) is 0 Å². The molecule has 0 spiro atoms. The Kier molecular flexibility index (Phi) is 4.53. The van der Waals surface area contributed by atoms with Crippen LogP contribution >= 0.6 is 0 Å². The molecule has 1 aromatic rings. The van der Waals surface area contributed by atoms with E-state index in [0.717, 1.165) is 16.8 Å². The van der Waals surface area contributed by atoms with Crippen molar-refractivity contribution in [3.63, 3.8) is 0 Å². The topological polar surface area (TPSA) is 78.4 Å². The lowest BCUT2D eigenvalue weighted by molar-refractivity contribution is -0.146. The summed E-state index contributed by atoms with van der Waals surface area (Å²) in [6.45, 7) is 7.03. The molecule has 104 valence electrons. The number of carboxylic acid groups (broad SMARTS) is 1. The second-order valence-corrected chi connectivity index (χ2v) is 5.32. The maximum absolute atomic E-state index is 11.7. The molecule has 0 saturated heterocycles. The number of carbonyl (C=O) groups is 2. The van der Waals surface area contributed by atoms with E-state index >= 15 is 0 Å². The first kappa shape index (κ1) is 15.0. The molecule has 1 aromatic carbocycles. The summed E-state index contributed by atoms with van der Waals surface area (Å²) >= 11 is 0. The van der Waals surface area contributed by atoms with Gasteiger partial charge < -0.3 is 15.7 Å². The number of carbonyl (C=O) groups excluding carboxylic acids is 1. The van der Waals surface area contributed by atoms with Crippen LogP contribution in [0.5, 0.6) is 0 Å². The minimum Gasteiger partial charge on any atom is -0.481 e. The smallest absolute Gasteiger partial charge is 0.319 e. The summed E-state index contributed by atoms with van der Waals surface area (Å²) in [5.74, 6) is -0.945. The van der Waals surface area contributed by atoms with Crippen LogP contribution in [-0.2, 0) is 4.79 Å². The van der Waals surface area contributed by atoms with Crippen molar-refractivity contribution in [3.8, 4) is 0 Å². The number of anilines is 1. The Hall–Kier alpha value is -2.04. The molecule has 0 radical (unpaired) electrons. The molecule has 0 aromatic heterocycles. The zero-order valence-electron chi connectivity index (χ0n) is 11.7. The lowest BCUT2D eigenvalue weighted by Gasteiger charge is -2.20. The molecule has 2 amide bonds. The number of nitrogens with one attached hydrogen (secondary N) is 2. The maximum Gasteiger partial charge on any atom is 0.319 e. The van der Waals surface area contributed by atoms with Crippen molar-refractivity contribution in [2.75, 3.05) is 11.9 Å². The standard InChI is InChI=1S/C14H20N2O3/c1-9-5-6-10(2)11(7-9)16-13(19)15-8-14(3,4)12(17)18/h5-7H,8H2,1-4H3,(H,17,18)(H2,15,16,19). The summed E-state index contributed by atoms with van der Waals surface area (Å²) in [5.41, 5.74) is 1.74. The average Bonchev–Trinajstić information content (AvgIpc) is 2.31. The predicted octanol–water partition coefficient (Wildman–Crippen LogP) is 2.54. The molecule has 5 heteroatoms. The molecule has 3 N–H and O–H groups in total. The summed E-state index contributed by atoms with van der Waals surface area (Å²) in [6.07, 6.45) is 0. The van der Waals surface area contributed by atoms with Crippen LogP contribution in [0, 0.1) is 19.3 Å². The fourth-order valence-electron chi connectivity index (χ4n) is 1.41. The quantitative estimate of drug-likeness (QED) is 0.782. The van der Waals surface area contributed by atoms with Crippen molar-refractivity contribution in [3.05, 3.63) is 29.3 Å². The molecular formula is C14H20N2O3. The minimum atomic E-state index is -0.987. The molecule has 0 aliphatic rings. The Balaban J connectivity index is 2.61. The molecule has 0 heterocycles. The van der Waals surface area contributed by atoms with Gasteiger partial charge in [-0.25, -0.2) is 4.79 Å². The summed E-state index contributed by atoms with van der Waals surface area (Å²) < 4.78 is 0. The van der Waals surface area contributed by atoms with Crippen molar-refractivity contribution >= 4 is 17.7 Å². The molecule has 0 bridgehead atoms. The van der Waals surface area contributed by atoms with Crippen molar-refractivity contribution in [1.29, 1.82) is 0 Å². The van der Waals surface area contributed by atoms with Gasteiger partial charge in [0.05, 0.1) is 5.41 Å². The number of urea groups is 1. The highest BCUT2D eigenvalue weighted by atomic mass is 16.4. The minimum absolute atomic E-state index is 0.0685. The number of hydrogen-bond donors (Lipinski definition) is 3. The summed E-state index contributed by atoms with van der Waals surface area (Å²) in [5, 5.41) is 14.2. The highest BCUT2D eigenvalue weighted by Crippen LogP contribution is 2.17. The van der Waals surface area contributed by atoms with E-state index in [-0.39, 0.29) is 6.54 Å². The molecule has 0 saturated carbocycles. The van der Waals surface area contributed by atoms with Crippen molar-refractivity contribution < 1.29 is 14.7 Å². The Labute approximate surface area is 113 Å². The van der Waals surface area contributed by atoms with Crippen LogP contribution in [0.3, 0.4) is 0 Å². The van der Waals surface area contributed by atoms with E-state index in [1.54, 1.807) is 13.8 Å². The fraction of sp³-hybridized carbons (Fsp3) is 0.429.